The number of carbonyl (C=O) groups is 1. The fraction of sp³-hybridized carbons (Fsp3) is 0.0769. The molecule has 102 valence electrons. The van der Waals surface area contributed by atoms with E-state index in [0.29, 0.717) is 10.3 Å². The minimum absolute atomic E-state index is 0.0419. The smallest absolute Gasteiger partial charge is 0.342 e. The number of hydrogen-bond acceptors (Lipinski definition) is 3. The van der Waals surface area contributed by atoms with Crippen molar-refractivity contribution in [3.05, 3.63) is 49.8 Å². The lowest BCUT2D eigenvalue weighted by Gasteiger charge is -2.09. The highest BCUT2D eigenvalue weighted by atomic mass is 35.5. The van der Waals surface area contributed by atoms with E-state index in [1.54, 1.807) is 16.0 Å². The van der Waals surface area contributed by atoms with E-state index < -0.39 is 17.2 Å². The Balaban J connectivity index is 2.73. The first kappa shape index (κ1) is 13.1. The number of aromatic nitrogens is 1. The van der Waals surface area contributed by atoms with Crippen LogP contribution in [0.25, 0.3) is 15.7 Å². The van der Waals surface area contributed by atoms with Crippen LogP contribution >= 0.6 is 22.9 Å². The van der Waals surface area contributed by atoms with Crippen molar-refractivity contribution in [1.82, 2.24) is 4.40 Å². The average Bonchev–Trinajstić information content (AvgIpc) is 2.84. The van der Waals surface area contributed by atoms with Crippen LogP contribution in [0.15, 0.2) is 22.4 Å². The lowest BCUT2D eigenvalue weighted by atomic mass is 10.1. The molecule has 2 aromatic heterocycles. The maximum Gasteiger partial charge on any atom is 0.342 e. The average molecular weight is 312 g/mol. The molecule has 0 unspecified atom stereocenters. The fourth-order valence-electron chi connectivity index (χ4n) is 2.27. The van der Waals surface area contributed by atoms with Crippen molar-refractivity contribution in [2.24, 2.45) is 0 Å². The molecule has 0 bridgehead atoms. The van der Waals surface area contributed by atoms with Gasteiger partial charge in [0.25, 0.3) is 0 Å². The number of rotatable bonds is 1. The lowest BCUT2D eigenvalue weighted by Crippen LogP contribution is -2.18. The van der Waals surface area contributed by atoms with Gasteiger partial charge < -0.3 is 9.51 Å². The number of hydrogen-bond donors (Lipinski definition) is 1. The van der Waals surface area contributed by atoms with Gasteiger partial charge in [-0.2, -0.15) is 0 Å². The Morgan fingerprint density at radius 1 is 1.50 bits per heavy atom. The molecule has 0 saturated carbocycles. The highest BCUT2D eigenvalue weighted by molar-refractivity contribution is 7.16. The van der Waals surface area contributed by atoms with Gasteiger partial charge >= 0.3 is 5.97 Å². The highest BCUT2D eigenvalue weighted by Gasteiger charge is 2.22. The normalized spacial score (nSPS) is 11.3. The molecule has 0 fully saturated rings. The van der Waals surface area contributed by atoms with Gasteiger partial charge in [0.1, 0.15) is 16.2 Å². The molecule has 0 aliphatic carbocycles. The standard InChI is InChI=1S/C13H7ClFNO3S/c1-5-8-7(4-6(14)10(5)15)16-2-3-20-12(16)9(11(8)17)13(18)19/h2-4H,1H3,(H,18,19). The first-order chi connectivity index (χ1) is 9.43. The number of thiazole rings is 1. The van der Waals surface area contributed by atoms with E-state index in [0.717, 1.165) is 11.3 Å². The third kappa shape index (κ3) is 1.58. The summed E-state index contributed by atoms with van der Waals surface area (Å²) in [6.07, 6.45) is 1.63. The monoisotopic (exact) mass is 311 g/mol. The third-order valence-corrected chi connectivity index (χ3v) is 4.34. The third-order valence-electron chi connectivity index (χ3n) is 3.18. The van der Waals surface area contributed by atoms with E-state index in [2.05, 4.69) is 0 Å². The van der Waals surface area contributed by atoms with Crippen LogP contribution in [0.2, 0.25) is 5.02 Å². The molecule has 7 heteroatoms. The van der Waals surface area contributed by atoms with E-state index in [1.165, 1.54) is 13.0 Å². The second kappa shape index (κ2) is 4.29. The maximum atomic E-state index is 13.9. The molecular formula is C13H7ClFNO3S. The summed E-state index contributed by atoms with van der Waals surface area (Å²) in [5.41, 5.74) is -0.582. The van der Waals surface area contributed by atoms with Crippen LogP contribution in [0.5, 0.6) is 0 Å². The molecule has 0 amide bonds. The van der Waals surface area contributed by atoms with Crippen molar-refractivity contribution in [3.8, 4) is 0 Å². The molecule has 0 aliphatic heterocycles. The molecule has 20 heavy (non-hydrogen) atoms. The molecule has 4 nitrogen and oxygen atoms in total. The predicted octanol–water partition coefficient (Wildman–Crippen LogP) is 3.31. The van der Waals surface area contributed by atoms with Crippen LogP contribution in [0.1, 0.15) is 15.9 Å². The zero-order valence-electron chi connectivity index (χ0n) is 10.1. The van der Waals surface area contributed by atoms with Crippen molar-refractivity contribution >= 4 is 44.6 Å². The first-order valence-electron chi connectivity index (χ1n) is 5.57. The van der Waals surface area contributed by atoms with E-state index >= 15 is 0 Å². The number of carboxylic acid groups (broad SMARTS) is 1. The number of carboxylic acids is 1. The summed E-state index contributed by atoms with van der Waals surface area (Å²) in [5, 5.41) is 10.8. The van der Waals surface area contributed by atoms with Gasteiger partial charge in [0, 0.05) is 11.6 Å². The Labute approximate surface area is 120 Å². The van der Waals surface area contributed by atoms with Gasteiger partial charge in [-0.25, -0.2) is 9.18 Å². The zero-order valence-corrected chi connectivity index (χ0v) is 11.7. The second-order valence-corrected chi connectivity index (χ2v) is 5.58. The van der Waals surface area contributed by atoms with E-state index in [1.807, 2.05) is 0 Å². The topological polar surface area (TPSA) is 58.8 Å². The van der Waals surface area contributed by atoms with Gasteiger partial charge in [0.2, 0.25) is 5.43 Å². The first-order valence-corrected chi connectivity index (χ1v) is 6.82. The second-order valence-electron chi connectivity index (χ2n) is 4.28. The number of pyridine rings is 1. The van der Waals surface area contributed by atoms with E-state index in [-0.39, 0.29) is 21.5 Å². The Hall–Kier alpha value is -1.92. The van der Waals surface area contributed by atoms with Gasteiger partial charge in [0.15, 0.2) is 0 Å². The molecule has 0 aliphatic rings. The summed E-state index contributed by atoms with van der Waals surface area (Å²) in [5.74, 6) is -2.03. The summed E-state index contributed by atoms with van der Waals surface area (Å²) in [7, 11) is 0. The number of nitrogens with zero attached hydrogens (tertiary/aromatic N) is 1. The zero-order chi connectivity index (χ0) is 14.6. The summed E-state index contributed by atoms with van der Waals surface area (Å²) >= 11 is 6.94. The van der Waals surface area contributed by atoms with Crippen LogP contribution in [-0.2, 0) is 0 Å². The van der Waals surface area contributed by atoms with Crippen LogP contribution in [-0.4, -0.2) is 15.5 Å². The van der Waals surface area contributed by atoms with Crippen molar-refractivity contribution in [2.75, 3.05) is 0 Å². The molecule has 3 rings (SSSR count). The van der Waals surface area contributed by atoms with E-state index in [9.17, 15) is 19.1 Å². The van der Waals surface area contributed by atoms with Crippen molar-refractivity contribution < 1.29 is 14.3 Å². The number of benzene rings is 1. The number of aryl methyl sites for hydroxylation is 1. The lowest BCUT2D eigenvalue weighted by molar-refractivity contribution is 0.0697. The summed E-state index contributed by atoms with van der Waals surface area (Å²) in [6.45, 7) is 1.41. The van der Waals surface area contributed by atoms with Crippen molar-refractivity contribution in [1.29, 1.82) is 0 Å². The Bertz CT molecular complexity index is 944. The van der Waals surface area contributed by atoms with E-state index in [4.69, 9.17) is 11.6 Å². The molecule has 2 heterocycles. The minimum Gasteiger partial charge on any atom is -0.477 e. The van der Waals surface area contributed by atoms with Gasteiger partial charge in [-0.15, -0.1) is 11.3 Å². The fourth-order valence-corrected chi connectivity index (χ4v) is 3.40. The molecule has 0 radical (unpaired) electrons. The van der Waals surface area contributed by atoms with Gasteiger partial charge in [0.05, 0.1) is 15.9 Å². The molecule has 0 spiro atoms. The largest absolute Gasteiger partial charge is 0.477 e. The predicted molar refractivity (Wildman–Crippen MR) is 75.7 cm³/mol. The molecule has 0 atom stereocenters. The molecular weight excluding hydrogens is 305 g/mol. The number of halogens is 2. The Morgan fingerprint density at radius 2 is 2.20 bits per heavy atom. The van der Waals surface area contributed by atoms with Crippen molar-refractivity contribution in [2.45, 2.75) is 6.92 Å². The Kier molecular flexibility index (Phi) is 2.81. The highest BCUT2D eigenvalue weighted by Crippen LogP contribution is 2.28. The van der Waals surface area contributed by atoms with Crippen LogP contribution in [0.4, 0.5) is 4.39 Å². The summed E-state index contributed by atoms with van der Waals surface area (Å²) < 4.78 is 15.4. The SMILES string of the molecule is Cc1c(F)c(Cl)cc2c1c(=O)c(C(=O)O)c1sccn12. The van der Waals surface area contributed by atoms with Gasteiger partial charge in [-0.05, 0) is 18.6 Å². The summed E-state index contributed by atoms with van der Waals surface area (Å²) in [6, 6.07) is 1.34. The number of aromatic carboxylic acids is 1. The molecule has 3 aromatic rings. The van der Waals surface area contributed by atoms with Gasteiger partial charge in [-0.3, -0.25) is 4.79 Å². The minimum atomic E-state index is -1.33. The number of fused-ring (bicyclic) bond motifs is 3. The molecule has 1 N–H and O–H groups in total. The van der Waals surface area contributed by atoms with Gasteiger partial charge in [-0.1, -0.05) is 11.6 Å². The van der Waals surface area contributed by atoms with Crippen LogP contribution in [0, 0.1) is 12.7 Å². The van der Waals surface area contributed by atoms with Crippen molar-refractivity contribution in [3.63, 3.8) is 0 Å². The van der Waals surface area contributed by atoms with Crippen LogP contribution < -0.4 is 5.43 Å². The quantitative estimate of drug-likeness (QED) is 0.750. The summed E-state index contributed by atoms with van der Waals surface area (Å²) in [4.78, 5) is 24.0. The Morgan fingerprint density at radius 3 is 2.85 bits per heavy atom. The molecule has 1 aromatic carbocycles. The van der Waals surface area contributed by atoms with Crippen LogP contribution in [0.3, 0.4) is 0 Å². The maximum absolute atomic E-state index is 13.9. The molecule has 0 saturated heterocycles.